The molecule has 0 aliphatic carbocycles. The van der Waals surface area contributed by atoms with Gasteiger partial charge in [-0.05, 0) is 55.7 Å². The molecular weight excluding hydrogens is 324 g/mol. The van der Waals surface area contributed by atoms with Crippen LogP contribution in [-0.2, 0) is 16.0 Å². The quantitative estimate of drug-likeness (QED) is 0.794. The van der Waals surface area contributed by atoms with Crippen molar-refractivity contribution in [1.82, 2.24) is 4.90 Å². The van der Waals surface area contributed by atoms with E-state index in [1.54, 1.807) is 17.0 Å². The number of rotatable bonds is 6. The molecule has 0 heterocycles. The Hall–Kier alpha value is -2.88. The maximum Gasteiger partial charge on any atom is 0.247 e. The zero-order valence-corrected chi connectivity index (χ0v) is 15.9. The monoisotopic (exact) mass is 350 g/mol. The van der Waals surface area contributed by atoms with Crippen molar-refractivity contribution in [3.8, 4) is 0 Å². The predicted molar refractivity (Wildman–Crippen MR) is 106 cm³/mol. The van der Waals surface area contributed by atoms with Crippen LogP contribution in [0.25, 0.3) is 0 Å². The number of carbonyl (C=O) groups is 2. The van der Waals surface area contributed by atoms with Crippen molar-refractivity contribution < 1.29 is 9.59 Å². The predicted octanol–water partition coefficient (Wildman–Crippen LogP) is 4.19. The number of nitrogens with one attached hydrogen (secondary N) is 1. The molecule has 0 spiro atoms. The minimum Gasteiger partial charge on any atom is -0.339 e. The van der Waals surface area contributed by atoms with Gasteiger partial charge in [0, 0.05) is 12.7 Å². The van der Waals surface area contributed by atoms with Crippen molar-refractivity contribution >= 4 is 17.5 Å². The van der Waals surface area contributed by atoms with Gasteiger partial charge in [0.15, 0.2) is 0 Å². The van der Waals surface area contributed by atoms with Gasteiger partial charge in [-0.2, -0.15) is 0 Å². The number of hydrogen-bond donors (Lipinski definition) is 1. The van der Waals surface area contributed by atoms with Gasteiger partial charge in [0.05, 0.1) is 12.5 Å². The standard InChI is InChI=1S/C22H26N2O2/c1-6-21(25)23-19-10-8-18(9-11-19)14-22(26)24(5)17(4)20-12-7-15(2)13-16(20)3/h6-13,17H,1,14H2,2-5H3,(H,23,25). The number of aryl methyl sites for hydroxylation is 2. The second-order valence-electron chi connectivity index (χ2n) is 6.61. The molecule has 0 saturated carbocycles. The normalized spacial score (nSPS) is 11.5. The Morgan fingerprint density at radius 1 is 1.15 bits per heavy atom. The maximum absolute atomic E-state index is 12.7. The van der Waals surface area contributed by atoms with Crippen LogP contribution in [-0.4, -0.2) is 23.8 Å². The van der Waals surface area contributed by atoms with Gasteiger partial charge < -0.3 is 10.2 Å². The van der Waals surface area contributed by atoms with Crippen molar-refractivity contribution in [2.75, 3.05) is 12.4 Å². The largest absolute Gasteiger partial charge is 0.339 e. The van der Waals surface area contributed by atoms with E-state index in [9.17, 15) is 9.59 Å². The molecule has 2 aromatic rings. The molecule has 0 bridgehead atoms. The molecule has 0 saturated heterocycles. The lowest BCUT2D eigenvalue weighted by Crippen LogP contribution is -2.31. The van der Waals surface area contributed by atoms with Crippen LogP contribution in [0.2, 0.25) is 0 Å². The fourth-order valence-electron chi connectivity index (χ4n) is 2.92. The lowest BCUT2D eigenvalue weighted by molar-refractivity contribution is -0.131. The molecule has 0 aromatic heterocycles. The van der Waals surface area contributed by atoms with Gasteiger partial charge in [-0.15, -0.1) is 0 Å². The molecule has 0 aliphatic heterocycles. The summed E-state index contributed by atoms with van der Waals surface area (Å²) in [5.41, 5.74) is 5.17. The van der Waals surface area contributed by atoms with Crippen LogP contribution < -0.4 is 5.32 Å². The highest BCUT2D eigenvalue weighted by Gasteiger charge is 2.19. The molecule has 1 atom stereocenters. The zero-order valence-electron chi connectivity index (χ0n) is 15.9. The Bertz CT molecular complexity index is 809. The summed E-state index contributed by atoms with van der Waals surface area (Å²) in [5.74, 6) is -0.198. The second-order valence-corrected chi connectivity index (χ2v) is 6.61. The van der Waals surface area contributed by atoms with Crippen LogP contribution in [0.1, 0.15) is 35.2 Å². The molecule has 2 aromatic carbocycles. The molecule has 0 fully saturated rings. The Morgan fingerprint density at radius 2 is 1.81 bits per heavy atom. The van der Waals surface area contributed by atoms with E-state index < -0.39 is 0 Å². The number of anilines is 1. The Kier molecular flexibility index (Phi) is 6.34. The summed E-state index contributed by atoms with van der Waals surface area (Å²) < 4.78 is 0. The second kappa shape index (κ2) is 8.48. The Morgan fingerprint density at radius 3 is 2.38 bits per heavy atom. The fraction of sp³-hybridized carbons (Fsp3) is 0.273. The molecule has 2 rings (SSSR count). The molecule has 0 radical (unpaired) electrons. The molecule has 26 heavy (non-hydrogen) atoms. The first kappa shape index (κ1) is 19.4. The lowest BCUT2D eigenvalue weighted by Gasteiger charge is -2.27. The van der Waals surface area contributed by atoms with Gasteiger partial charge in [-0.3, -0.25) is 9.59 Å². The van der Waals surface area contributed by atoms with Gasteiger partial charge in [0.25, 0.3) is 0 Å². The first-order valence-corrected chi connectivity index (χ1v) is 8.67. The van der Waals surface area contributed by atoms with Crippen molar-refractivity contribution in [3.05, 3.63) is 77.4 Å². The van der Waals surface area contributed by atoms with E-state index >= 15 is 0 Å². The number of benzene rings is 2. The van der Waals surface area contributed by atoms with E-state index in [-0.39, 0.29) is 17.9 Å². The van der Waals surface area contributed by atoms with Crippen molar-refractivity contribution in [1.29, 1.82) is 0 Å². The minimum absolute atomic E-state index is 0.00857. The average molecular weight is 350 g/mol. The third-order valence-electron chi connectivity index (χ3n) is 4.61. The maximum atomic E-state index is 12.7. The van der Waals surface area contributed by atoms with Gasteiger partial charge >= 0.3 is 0 Å². The van der Waals surface area contributed by atoms with Crippen LogP contribution in [0, 0.1) is 13.8 Å². The number of likely N-dealkylation sites (N-methyl/N-ethyl adjacent to an activating group) is 1. The van der Waals surface area contributed by atoms with Crippen LogP contribution >= 0.6 is 0 Å². The van der Waals surface area contributed by atoms with Gasteiger partial charge in [0.1, 0.15) is 0 Å². The van der Waals surface area contributed by atoms with Gasteiger partial charge in [-0.1, -0.05) is 42.5 Å². The summed E-state index contributed by atoms with van der Waals surface area (Å²) in [5, 5.41) is 2.69. The van der Waals surface area contributed by atoms with E-state index in [0.717, 1.165) is 11.1 Å². The Balaban J connectivity index is 2.04. The summed E-state index contributed by atoms with van der Waals surface area (Å²) >= 11 is 0. The molecule has 1 unspecified atom stereocenters. The molecule has 136 valence electrons. The summed E-state index contributed by atoms with van der Waals surface area (Å²) in [6.45, 7) is 9.61. The third kappa shape index (κ3) is 4.82. The first-order chi connectivity index (χ1) is 12.3. The highest BCUT2D eigenvalue weighted by Crippen LogP contribution is 2.24. The van der Waals surface area contributed by atoms with E-state index in [1.807, 2.05) is 26.1 Å². The Labute approximate surface area is 155 Å². The van der Waals surface area contributed by atoms with Gasteiger partial charge in [0.2, 0.25) is 11.8 Å². The number of amides is 2. The SMILES string of the molecule is C=CC(=O)Nc1ccc(CC(=O)N(C)C(C)c2ccc(C)cc2C)cc1. The molecule has 0 aliphatic rings. The van der Waals surface area contributed by atoms with Crippen LogP contribution in [0.4, 0.5) is 5.69 Å². The van der Waals surface area contributed by atoms with E-state index in [1.165, 1.54) is 17.2 Å². The smallest absolute Gasteiger partial charge is 0.247 e. The molecular formula is C22H26N2O2. The molecule has 4 nitrogen and oxygen atoms in total. The van der Waals surface area contributed by atoms with Crippen LogP contribution in [0.5, 0.6) is 0 Å². The first-order valence-electron chi connectivity index (χ1n) is 8.67. The van der Waals surface area contributed by atoms with E-state index in [0.29, 0.717) is 12.1 Å². The summed E-state index contributed by atoms with van der Waals surface area (Å²) in [6.07, 6.45) is 1.54. The average Bonchev–Trinajstić information content (AvgIpc) is 2.62. The highest BCUT2D eigenvalue weighted by atomic mass is 16.2. The number of carbonyl (C=O) groups excluding carboxylic acids is 2. The lowest BCUT2D eigenvalue weighted by atomic mass is 9.99. The zero-order chi connectivity index (χ0) is 19.3. The third-order valence-corrected chi connectivity index (χ3v) is 4.61. The molecule has 4 heteroatoms. The topological polar surface area (TPSA) is 49.4 Å². The van der Waals surface area contributed by atoms with Crippen LogP contribution in [0.3, 0.4) is 0 Å². The fourth-order valence-corrected chi connectivity index (χ4v) is 2.92. The summed E-state index contributed by atoms with van der Waals surface area (Å²) in [4.78, 5) is 25.7. The van der Waals surface area contributed by atoms with E-state index in [4.69, 9.17) is 0 Å². The highest BCUT2D eigenvalue weighted by molar-refractivity contribution is 5.98. The summed E-state index contributed by atoms with van der Waals surface area (Å²) in [7, 11) is 1.84. The van der Waals surface area contributed by atoms with Crippen molar-refractivity contribution in [3.63, 3.8) is 0 Å². The summed E-state index contributed by atoms with van der Waals surface area (Å²) in [6, 6.07) is 13.6. The molecule has 2 amide bonds. The number of hydrogen-bond acceptors (Lipinski definition) is 2. The van der Waals surface area contributed by atoms with Crippen molar-refractivity contribution in [2.45, 2.75) is 33.2 Å². The van der Waals surface area contributed by atoms with Crippen LogP contribution in [0.15, 0.2) is 55.1 Å². The minimum atomic E-state index is -0.254. The number of nitrogens with zero attached hydrogens (tertiary/aromatic N) is 1. The van der Waals surface area contributed by atoms with Crippen molar-refractivity contribution in [2.24, 2.45) is 0 Å². The van der Waals surface area contributed by atoms with E-state index in [2.05, 4.69) is 43.9 Å². The van der Waals surface area contributed by atoms with Gasteiger partial charge in [-0.25, -0.2) is 0 Å². The molecule has 1 N–H and O–H groups in total.